The highest BCUT2D eigenvalue weighted by Crippen LogP contribution is 2.25. The molecular formula is C15H17FN2O3. The fourth-order valence-corrected chi connectivity index (χ4v) is 2.00. The molecule has 2 aromatic rings. The van der Waals surface area contributed by atoms with Crippen LogP contribution in [0, 0.1) is 5.82 Å². The van der Waals surface area contributed by atoms with Gasteiger partial charge in [-0.2, -0.15) is 4.98 Å². The van der Waals surface area contributed by atoms with Crippen LogP contribution in [0.1, 0.15) is 38.5 Å². The second-order valence-corrected chi connectivity index (χ2v) is 4.53. The van der Waals surface area contributed by atoms with E-state index in [0.29, 0.717) is 6.42 Å². The summed E-state index contributed by atoms with van der Waals surface area (Å²) in [6.07, 6.45) is 1.30. The number of halogens is 1. The molecule has 0 fully saturated rings. The molecule has 6 heteroatoms. The molecule has 5 nitrogen and oxygen atoms in total. The molecule has 1 heterocycles. The second-order valence-electron chi connectivity index (χ2n) is 4.53. The van der Waals surface area contributed by atoms with Crippen LogP contribution in [0.4, 0.5) is 4.39 Å². The fourth-order valence-electron chi connectivity index (χ4n) is 2.00. The lowest BCUT2D eigenvalue weighted by Crippen LogP contribution is -2.16. The molecule has 0 saturated heterocycles. The number of hydrogen-bond acceptors (Lipinski definition) is 5. The van der Waals surface area contributed by atoms with Gasteiger partial charge in [-0.3, -0.25) is 4.79 Å². The Bertz CT molecular complexity index is 612. The third-order valence-corrected chi connectivity index (χ3v) is 3.00. The standard InChI is InChI=1S/C15H17FN2O3/c1-3-7-11(15(19)20-4-2)14-17-13(18-21-14)10-8-5-6-9-12(10)16/h5-6,8-9,11H,3-4,7H2,1-2H3. The minimum Gasteiger partial charge on any atom is -0.465 e. The van der Waals surface area contributed by atoms with E-state index < -0.39 is 17.7 Å². The van der Waals surface area contributed by atoms with Gasteiger partial charge >= 0.3 is 5.97 Å². The number of ether oxygens (including phenoxy) is 1. The second kappa shape index (κ2) is 6.97. The Labute approximate surface area is 122 Å². The number of nitrogens with zero attached hydrogens (tertiary/aromatic N) is 2. The quantitative estimate of drug-likeness (QED) is 0.764. The minimum absolute atomic E-state index is 0.133. The topological polar surface area (TPSA) is 65.2 Å². The molecule has 0 amide bonds. The zero-order valence-corrected chi connectivity index (χ0v) is 12.0. The predicted octanol–water partition coefficient (Wildman–Crippen LogP) is 3.32. The van der Waals surface area contributed by atoms with Crippen LogP contribution >= 0.6 is 0 Å². The first-order chi connectivity index (χ1) is 10.2. The Morgan fingerprint density at radius 1 is 1.38 bits per heavy atom. The summed E-state index contributed by atoms with van der Waals surface area (Å²) in [6, 6.07) is 6.14. The molecule has 0 aliphatic rings. The third-order valence-electron chi connectivity index (χ3n) is 3.00. The summed E-state index contributed by atoms with van der Waals surface area (Å²) in [5.41, 5.74) is 0.242. The van der Waals surface area contributed by atoms with Crippen molar-refractivity contribution >= 4 is 5.97 Å². The number of carbonyl (C=O) groups is 1. The highest BCUT2D eigenvalue weighted by Gasteiger charge is 2.27. The molecule has 112 valence electrons. The summed E-state index contributed by atoms with van der Waals surface area (Å²) < 4.78 is 23.8. The van der Waals surface area contributed by atoms with E-state index >= 15 is 0 Å². The van der Waals surface area contributed by atoms with E-state index in [1.807, 2.05) is 6.92 Å². The van der Waals surface area contributed by atoms with Crippen molar-refractivity contribution in [3.8, 4) is 11.4 Å². The largest absolute Gasteiger partial charge is 0.465 e. The molecule has 0 N–H and O–H groups in total. The Balaban J connectivity index is 2.28. The lowest BCUT2D eigenvalue weighted by molar-refractivity contribution is -0.145. The highest BCUT2D eigenvalue weighted by molar-refractivity contribution is 5.77. The summed E-state index contributed by atoms with van der Waals surface area (Å²) in [5, 5.41) is 3.76. The lowest BCUT2D eigenvalue weighted by Gasteiger charge is -2.09. The van der Waals surface area contributed by atoms with Gasteiger partial charge in [0, 0.05) is 0 Å². The van der Waals surface area contributed by atoms with E-state index in [9.17, 15) is 9.18 Å². The molecule has 21 heavy (non-hydrogen) atoms. The van der Waals surface area contributed by atoms with Gasteiger partial charge in [0.15, 0.2) is 0 Å². The number of carbonyl (C=O) groups excluding carboxylic acids is 1. The smallest absolute Gasteiger partial charge is 0.318 e. The predicted molar refractivity (Wildman–Crippen MR) is 74.0 cm³/mol. The van der Waals surface area contributed by atoms with Crippen LogP contribution in [-0.4, -0.2) is 22.7 Å². The van der Waals surface area contributed by atoms with Crippen molar-refractivity contribution in [2.75, 3.05) is 6.61 Å². The SMILES string of the molecule is CCCC(C(=O)OCC)c1nc(-c2ccccc2F)no1. The maximum absolute atomic E-state index is 13.7. The van der Waals surface area contributed by atoms with Crippen LogP contribution in [0.25, 0.3) is 11.4 Å². The maximum Gasteiger partial charge on any atom is 0.318 e. The zero-order chi connectivity index (χ0) is 15.2. The summed E-state index contributed by atoms with van der Waals surface area (Å²) in [6.45, 7) is 3.97. The van der Waals surface area contributed by atoms with Gasteiger partial charge in [-0.1, -0.05) is 30.6 Å². The summed E-state index contributed by atoms with van der Waals surface area (Å²) in [7, 11) is 0. The number of esters is 1. The summed E-state index contributed by atoms with van der Waals surface area (Å²) >= 11 is 0. The maximum atomic E-state index is 13.7. The first-order valence-electron chi connectivity index (χ1n) is 6.92. The zero-order valence-electron chi connectivity index (χ0n) is 12.0. The van der Waals surface area contributed by atoms with Gasteiger partial charge in [-0.15, -0.1) is 0 Å². The average Bonchev–Trinajstić information content (AvgIpc) is 2.94. The molecule has 0 bridgehead atoms. The number of rotatable bonds is 6. The first kappa shape index (κ1) is 15.2. The van der Waals surface area contributed by atoms with Gasteiger partial charge in [0.1, 0.15) is 11.7 Å². The molecule has 0 saturated carbocycles. The van der Waals surface area contributed by atoms with Crippen LogP contribution in [0.3, 0.4) is 0 Å². The minimum atomic E-state index is -0.608. The summed E-state index contributed by atoms with van der Waals surface area (Å²) in [5.74, 6) is -1.15. The monoisotopic (exact) mass is 292 g/mol. The Morgan fingerprint density at radius 2 is 2.14 bits per heavy atom. The number of aromatic nitrogens is 2. The third kappa shape index (κ3) is 3.45. The van der Waals surface area contributed by atoms with Gasteiger partial charge in [-0.05, 0) is 25.5 Å². The van der Waals surface area contributed by atoms with E-state index in [0.717, 1.165) is 6.42 Å². The van der Waals surface area contributed by atoms with Crippen LogP contribution in [0.2, 0.25) is 0 Å². The van der Waals surface area contributed by atoms with Crippen molar-refractivity contribution in [3.05, 3.63) is 36.0 Å². The first-order valence-corrected chi connectivity index (χ1v) is 6.92. The van der Waals surface area contributed by atoms with Crippen molar-refractivity contribution in [1.29, 1.82) is 0 Å². The van der Waals surface area contributed by atoms with Crippen LogP contribution in [0.5, 0.6) is 0 Å². The van der Waals surface area contributed by atoms with Crippen molar-refractivity contribution in [2.24, 2.45) is 0 Å². The van der Waals surface area contributed by atoms with E-state index in [1.54, 1.807) is 25.1 Å². The Morgan fingerprint density at radius 3 is 2.81 bits per heavy atom. The molecular weight excluding hydrogens is 275 g/mol. The molecule has 1 unspecified atom stereocenters. The van der Waals surface area contributed by atoms with E-state index in [4.69, 9.17) is 9.26 Å². The van der Waals surface area contributed by atoms with Crippen LogP contribution in [-0.2, 0) is 9.53 Å². The molecule has 1 aromatic carbocycles. The molecule has 1 atom stereocenters. The van der Waals surface area contributed by atoms with Crippen LogP contribution < -0.4 is 0 Å². The highest BCUT2D eigenvalue weighted by atomic mass is 19.1. The molecule has 0 radical (unpaired) electrons. The molecule has 0 aliphatic heterocycles. The molecule has 1 aromatic heterocycles. The van der Waals surface area contributed by atoms with Gasteiger partial charge in [0.05, 0.1) is 12.2 Å². The number of benzene rings is 1. The normalized spacial score (nSPS) is 12.1. The van der Waals surface area contributed by atoms with Gasteiger partial charge in [0.25, 0.3) is 0 Å². The number of hydrogen-bond donors (Lipinski definition) is 0. The van der Waals surface area contributed by atoms with E-state index in [1.165, 1.54) is 6.07 Å². The van der Waals surface area contributed by atoms with Gasteiger partial charge in [-0.25, -0.2) is 4.39 Å². The lowest BCUT2D eigenvalue weighted by atomic mass is 10.0. The molecule has 2 rings (SSSR count). The van der Waals surface area contributed by atoms with Gasteiger partial charge in [0.2, 0.25) is 11.7 Å². The van der Waals surface area contributed by atoms with Crippen molar-refractivity contribution in [2.45, 2.75) is 32.6 Å². The summed E-state index contributed by atoms with van der Waals surface area (Å²) in [4.78, 5) is 16.1. The van der Waals surface area contributed by atoms with E-state index in [2.05, 4.69) is 10.1 Å². The molecule has 0 aliphatic carbocycles. The van der Waals surface area contributed by atoms with Crippen LogP contribution in [0.15, 0.2) is 28.8 Å². The van der Waals surface area contributed by atoms with Crippen molar-refractivity contribution < 1.29 is 18.4 Å². The average molecular weight is 292 g/mol. The van der Waals surface area contributed by atoms with Gasteiger partial charge < -0.3 is 9.26 Å². The van der Waals surface area contributed by atoms with E-state index in [-0.39, 0.29) is 23.9 Å². The van der Waals surface area contributed by atoms with Crippen molar-refractivity contribution in [1.82, 2.24) is 10.1 Å². The molecule has 0 spiro atoms. The van der Waals surface area contributed by atoms with Crippen molar-refractivity contribution in [3.63, 3.8) is 0 Å². The Hall–Kier alpha value is -2.24. The Kier molecular flexibility index (Phi) is 5.03. The fraction of sp³-hybridized carbons (Fsp3) is 0.400.